The Morgan fingerprint density at radius 2 is 2.07 bits per heavy atom. The Morgan fingerprint density at radius 3 is 2.53 bits per heavy atom. The van der Waals surface area contributed by atoms with Crippen LogP contribution in [0, 0.1) is 5.92 Å². The zero-order valence-corrected chi connectivity index (χ0v) is 10.2. The highest BCUT2D eigenvalue weighted by atomic mass is 16.3. The summed E-state index contributed by atoms with van der Waals surface area (Å²) in [5.41, 5.74) is 5.87. The van der Waals surface area contributed by atoms with Gasteiger partial charge in [0.15, 0.2) is 0 Å². The molecule has 90 valence electrons. The molecule has 3 heteroatoms. The Labute approximate surface area is 93.6 Å². The SMILES string of the molecule is CCCCCN(C)CC(N)(CO)C1CC1. The molecule has 1 rings (SSSR count). The van der Waals surface area contributed by atoms with Crippen LogP contribution in [0.5, 0.6) is 0 Å². The maximum Gasteiger partial charge on any atom is 0.0626 e. The van der Waals surface area contributed by atoms with Crippen molar-refractivity contribution < 1.29 is 5.11 Å². The van der Waals surface area contributed by atoms with Crippen LogP contribution >= 0.6 is 0 Å². The number of rotatable bonds is 8. The Kier molecular flexibility index (Phi) is 5.03. The zero-order valence-electron chi connectivity index (χ0n) is 10.2. The van der Waals surface area contributed by atoms with E-state index >= 15 is 0 Å². The van der Waals surface area contributed by atoms with Crippen LogP contribution in [-0.2, 0) is 0 Å². The molecule has 0 heterocycles. The van der Waals surface area contributed by atoms with Gasteiger partial charge < -0.3 is 15.7 Å². The third-order valence-corrected chi connectivity index (χ3v) is 3.39. The summed E-state index contributed by atoms with van der Waals surface area (Å²) >= 11 is 0. The largest absolute Gasteiger partial charge is 0.394 e. The van der Waals surface area contributed by atoms with E-state index in [1.165, 1.54) is 32.1 Å². The van der Waals surface area contributed by atoms with Crippen molar-refractivity contribution in [3.63, 3.8) is 0 Å². The molecule has 15 heavy (non-hydrogen) atoms. The molecule has 0 aliphatic heterocycles. The topological polar surface area (TPSA) is 49.5 Å². The molecule has 0 aromatic heterocycles. The van der Waals surface area contributed by atoms with E-state index in [4.69, 9.17) is 5.73 Å². The molecule has 0 aromatic carbocycles. The van der Waals surface area contributed by atoms with Crippen LogP contribution in [0.15, 0.2) is 0 Å². The van der Waals surface area contributed by atoms with Gasteiger partial charge in [-0.15, -0.1) is 0 Å². The number of aliphatic hydroxyl groups is 1. The molecule has 0 bridgehead atoms. The number of hydrogen-bond donors (Lipinski definition) is 2. The first-order valence-corrected chi connectivity index (χ1v) is 6.20. The van der Waals surface area contributed by atoms with Gasteiger partial charge in [0.25, 0.3) is 0 Å². The van der Waals surface area contributed by atoms with Crippen LogP contribution in [0.1, 0.15) is 39.0 Å². The van der Waals surface area contributed by atoms with Crippen LogP contribution in [0.4, 0.5) is 0 Å². The lowest BCUT2D eigenvalue weighted by Gasteiger charge is -2.32. The van der Waals surface area contributed by atoms with Crippen molar-refractivity contribution in [1.82, 2.24) is 4.90 Å². The Morgan fingerprint density at radius 1 is 1.40 bits per heavy atom. The van der Waals surface area contributed by atoms with Crippen LogP contribution in [0.2, 0.25) is 0 Å². The van der Waals surface area contributed by atoms with E-state index in [2.05, 4.69) is 18.9 Å². The van der Waals surface area contributed by atoms with E-state index in [-0.39, 0.29) is 12.1 Å². The van der Waals surface area contributed by atoms with Crippen LogP contribution in [-0.4, -0.2) is 42.3 Å². The van der Waals surface area contributed by atoms with Crippen molar-refractivity contribution in [2.45, 2.75) is 44.6 Å². The van der Waals surface area contributed by atoms with Gasteiger partial charge in [-0.2, -0.15) is 0 Å². The Hall–Kier alpha value is -0.120. The van der Waals surface area contributed by atoms with Gasteiger partial charge in [0.05, 0.1) is 12.1 Å². The third-order valence-electron chi connectivity index (χ3n) is 3.39. The van der Waals surface area contributed by atoms with Gasteiger partial charge in [-0.05, 0) is 38.8 Å². The Bertz CT molecular complexity index is 182. The highest BCUT2D eigenvalue weighted by molar-refractivity contribution is 4.99. The lowest BCUT2D eigenvalue weighted by atomic mass is 9.95. The number of hydrogen-bond acceptors (Lipinski definition) is 3. The number of nitrogens with two attached hydrogens (primary N) is 1. The molecule has 3 N–H and O–H groups in total. The maximum atomic E-state index is 9.36. The van der Waals surface area contributed by atoms with Gasteiger partial charge >= 0.3 is 0 Å². The second-order valence-electron chi connectivity index (χ2n) is 5.11. The number of unbranched alkanes of at least 4 members (excludes halogenated alkanes) is 2. The third kappa shape index (κ3) is 4.09. The molecule has 1 unspecified atom stereocenters. The monoisotopic (exact) mass is 214 g/mol. The van der Waals surface area contributed by atoms with E-state index in [0.29, 0.717) is 5.92 Å². The molecule has 0 aromatic rings. The lowest BCUT2D eigenvalue weighted by Crippen LogP contribution is -2.54. The zero-order chi connectivity index (χ0) is 11.3. The van der Waals surface area contributed by atoms with Crippen LogP contribution in [0.3, 0.4) is 0 Å². The highest BCUT2D eigenvalue weighted by Crippen LogP contribution is 2.38. The van der Waals surface area contributed by atoms with Gasteiger partial charge in [-0.3, -0.25) is 0 Å². The van der Waals surface area contributed by atoms with E-state index in [0.717, 1.165) is 13.1 Å². The normalized spacial score (nSPS) is 20.6. The molecule has 1 atom stereocenters. The molecule has 1 aliphatic carbocycles. The minimum absolute atomic E-state index is 0.121. The van der Waals surface area contributed by atoms with Gasteiger partial charge in [0.2, 0.25) is 0 Å². The van der Waals surface area contributed by atoms with Gasteiger partial charge in [-0.1, -0.05) is 19.8 Å². The summed E-state index contributed by atoms with van der Waals surface area (Å²) in [6.07, 6.45) is 6.16. The van der Waals surface area contributed by atoms with Gasteiger partial charge in [0, 0.05) is 6.54 Å². The first kappa shape index (κ1) is 12.9. The molecule has 0 amide bonds. The average Bonchev–Trinajstić information content (AvgIpc) is 3.01. The summed E-state index contributed by atoms with van der Waals surface area (Å²) in [7, 11) is 2.11. The predicted octanol–water partition coefficient (Wildman–Crippen LogP) is 1.21. The number of likely N-dealkylation sites (N-methyl/N-ethyl adjacent to an activating group) is 1. The first-order chi connectivity index (χ1) is 7.12. The van der Waals surface area contributed by atoms with Crippen molar-refractivity contribution in [3.05, 3.63) is 0 Å². The highest BCUT2D eigenvalue weighted by Gasteiger charge is 2.42. The van der Waals surface area contributed by atoms with Crippen LogP contribution < -0.4 is 5.73 Å². The molecule has 0 radical (unpaired) electrons. The van der Waals surface area contributed by atoms with Crippen molar-refractivity contribution in [1.29, 1.82) is 0 Å². The van der Waals surface area contributed by atoms with E-state index in [1.54, 1.807) is 0 Å². The van der Waals surface area contributed by atoms with Gasteiger partial charge in [0.1, 0.15) is 0 Å². The first-order valence-electron chi connectivity index (χ1n) is 6.20. The second kappa shape index (κ2) is 5.83. The molecule has 0 saturated heterocycles. The second-order valence-corrected chi connectivity index (χ2v) is 5.11. The number of aliphatic hydroxyl groups excluding tert-OH is 1. The number of nitrogens with zero attached hydrogens (tertiary/aromatic N) is 1. The summed E-state index contributed by atoms with van der Waals surface area (Å²) in [6.45, 7) is 4.26. The van der Waals surface area contributed by atoms with Crippen molar-refractivity contribution in [2.24, 2.45) is 11.7 Å². The van der Waals surface area contributed by atoms with E-state index < -0.39 is 0 Å². The summed E-state index contributed by atoms with van der Waals surface area (Å²) in [6, 6.07) is 0. The summed E-state index contributed by atoms with van der Waals surface area (Å²) < 4.78 is 0. The molecular formula is C12H26N2O. The van der Waals surface area contributed by atoms with Crippen molar-refractivity contribution in [2.75, 3.05) is 26.7 Å². The van der Waals surface area contributed by atoms with E-state index in [9.17, 15) is 5.11 Å². The minimum atomic E-state index is -0.346. The lowest BCUT2D eigenvalue weighted by molar-refractivity contribution is 0.132. The maximum absolute atomic E-state index is 9.36. The van der Waals surface area contributed by atoms with Gasteiger partial charge in [-0.25, -0.2) is 0 Å². The van der Waals surface area contributed by atoms with E-state index in [1.807, 2.05) is 0 Å². The Balaban J connectivity index is 2.24. The average molecular weight is 214 g/mol. The quantitative estimate of drug-likeness (QED) is 0.597. The van der Waals surface area contributed by atoms with Crippen LogP contribution in [0.25, 0.3) is 0 Å². The predicted molar refractivity (Wildman–Crippen MR) is 63.8 cm³/mol. The van der Waals surface area contributed by atoms with Crippen molar-refractivity contribution >= 4 is 0 Å². The minimum Gasteiger partial charge on any atom is -0.394 e. The summed E-state index contributed by atoms with van der Waals surface area (Å²) in [5.74, 6) is 0.552. The van der Waals surface area contributed by atoms with Crippen molar-refractivity contribution in [3.8, 4) is 0 Å². The molecule has 1 saturated carbocycles. The smallest absolute Gasteiger partial charge is 0.0626 e. The molecule has 1 fully saturated rings. The fourth-order valence-corrected chi connectivity index (χ4v) is 2.18. The molecular weight excluding hydrogens is 188 g/mol. The standard InChI is InChI=1S/C12H26N2O/c1-3-4-5-8-14(2)9-12(13,10-15)11-6-7-11/h11,15H,3-10,13H2,1-2H3. The fraction of sp³-hybridized carbons (Fsp3) is 1.00. The summed E-state index contributed by atoms with van der Waals surface area (Å²) in [4.78, 5) is 2.27. The molecule has 1 aliphatic rings. The molecule has 3 nitrogen and oxygen atoms in total. The molecule has 0 spiro atoms. The summed E-state index contributed by atoms with van der Waals surface area (Å²) in [5, 5.41) is 9.36. The fourth-order valence-electron chi connectivity index (χ4n) is 2.18.